The lowest BCUT2D eigenvalue weighted by Crippen LogP contribution is -2.40. The van der Waals surface area contributed by atoms with Gasteiger partial charge in [-0.3, -0.25) is 4.79 Å². The van der Waals surface area contributed by atoms with Crippen LogP contribution in [0.15, 0.2) is 0 Å². The molecule has 2 N–H and O–H groups in total. The van der Waals surface area contributed by atoms with Crippen LogP contribution in [0.1, 0.15) is 123 Å². The Morgan fingerprint density at radius 3 is 1.33 bits per heavy atom. The second-order valence-corrected chi connectivity index (χ2v) is 8.50. The van der Waals surface area contributed by atoms with E-state index in [0.29, 0.717) is 12.2 Å². The zero-order chi connectivity index (χ0) is 22.6. The summed E-state index contributed by atoms with van der Waals surface area (Å²) in [6, 6.07) is -0.970. The van der Waals surface area contributed by atoms with Crippen molar-refractivity contribution in [3.8, 4) is 0 Å². The van der Waals surface area contributed by atoms with Crippen molar-refractivity contribution < 1.29 is 24.3 Å². The van der Waals surface area contributed by atoms with Gasteiger partial charge in [0.05, 0.1) is 0 Å². The highest BCUT2D eigenvalue weighted by molar-refractivity contribution is 5.84. The Morgan fingerprint density at radius 2 is 0.967 bits per heavy atom. The summed E-state index contributed by atoms with van der Waals surface area (Å²) in [7, 11) is 0. The van der Waals surface area contributed by atoms with Gasteiger partial charge < -0.3 is 20.0 Å². The molecule has 1 unspecified atom stereocenters. The average molecular weight is 426 g/mol. The smallest absolute Gasteiger partial charge is 0.326 e. The van der Waals surface area contributed by atoms with Crippen molar-refractivity contribution in [1.29, 1.82) is 0 Å². The lowest BCUT2D eigenvalue weighted by molar-refractivity contribution is -0.142. The van der Waals surface area contributed by atoms with Crippen LogP contribution in [0.3, 0.4) is 0 Å². The van der Waals surface area contributed by atoms with Gasteiger partial charge >= 0.3 is 5.97 Å². The summed E-state index contributed by atoms with van der Waals surface area (Å²) >= 11 is 0. The number of hydrogen-bond donors (Lipinski definition) is 2. The Morgan fingerprint density at radius 1 is 0.600 bits per heavy atom. The van der Waals surface area contributed by atoms with Crippen molar-refractivity contribution in [2.45, 2.75) is 129 Å². The summed E-state index contributed by atoms with van der Waals surface area (Å²) in [5.41, 5.74) is 0. The van der Waals surface area contributed by atoms with Crippen LogP contribution in [0.2, 0.25) is 0 Å². The molecule has 174 valence electrons. The second kappa shape index (κ2) is 19.3. The number of nitrogens with one attached hydrogen (secondary N) is 1. The quantitative estimate of drug-likeness (QED) is 0.241. The van der Waals surface area contributed by atoms with E-state index < -0.39 is 12.0 Å². The number of amides is 1. The molecule has 1 amide bonds. The van der Waals surface area contributed by atoms with Crippen LogP contribution >= 0.6 is 0 Å². The van der Waals surface area contributed by atoms with E-state index in [0.717, 1.165) is 32.1 Å². The average Bonchev–Trinajstić information content (AvgIpc) is 2.67. The van der Waals surface area contributed by atoms with E-state index >= 15 is 0 Å². The Labute approximate surface area is 182 Å². The first-order valence-electron chi connectivity index (χ1n) is 11.8. The summed E-state index contributed by atoms with van der Waals surface area (Å²) < 4.78 is 0. The molecule has 1 atom stereocenters. The van der Waals surface area contributed by atoms with E-state index in [2.05, 4.69) is 5.32 Å². The van der Waals surface area contributed by atoms with E-state index in [1.807, 2.05) is 0 Å². The fourth-order valence-electron chi connectivity index (χ4n) is 3.48. The maximum Gasteiger partial charge on any atom is 0.326 e. The number of unbranched alkanes of at least 4 members (excludes halogenated alkanes) is 12. The third-order valence-corrected chi connectivity index (χ3v) is 5.35. The number of hydrogen-bond acceptors (Lipinski definition) is 4. The normalized spacial score (nSPS) is 11.8. The standard InChI is InChI=1S/C24H43NO5/c1-20(26)16-14-12-10-8-6-4-3-5-7-9-11-13-15-17-23(28)25-22(24(29)30)19-18-21(2)27/h22H,3-19H2,1-2H3,(H,25,28)(H,29,30). The molecule has 0 aliphatic carbocycles. The molecule has 0 aromatic heterocycles. The van der Waals surface area contributed by atoms with Gasteiger partial charge in [-0.1, -0.05) is 70.6 Å². The van der Waals surface area contributed by atoms with E-state index in [-0.39, 0.29) is 24.5 Å². The van der Waals surface area contributed by atoms with Crippen molar-refractivity contribution >= 4 is 23.4 Å². The minimum absolute atomic E-state index is 0.0725. The predicted octanol–water partition coefficient (Wildman–Crippen LogP) is 5.37. The van der Waals surface area contributed by atoms with Gasteiger partial charge in [0.2, 0.25) is 5.91 Å². The van der Waals surface area contributed by atoms with Gasteiger partial charge in [0.15, 0.2) is 0 Å². The Hall–Kier alpha value is -1.72. The van der Waals surface area contributed by atoms with Crippen LogP contribution in [0.4, 0.5) is 0 Å². The number of rotatable bonds is 21. The van der Waals surface area contributed by atoms with E-state index in [1.165, 1.54) is 64.7 Å². The largest absolute Gasteiger partial charge is 0.480 e. The first-order chi connectivity index (χ1) is 14.3. The van der Waals surface area contributed by atoms with Crippen LogP contribution in [-0.4, -0.2) is 34.6 Å². The molecule has 0 rings (SSSR count). The molecule has 0 aliphatic rings. The van der Waals surface area contributed by atoms with Crippen LogP contribution in [0, 0.1) is 0 Å². The highest BCUT2D eigenvalue weighted by Gasteiger charge is 2.19. The molecule has 0 fully saturated rings. The van der Waals surface area contributed by atoms with E-state index in [9.17, 15) is 19.2 Å². The summed E-state index contributed by atoms with van der Waals surface area (Å²) in [6.07, 6.45) is 16.5. The van der Waals surface area contributed by atoms with Gasteiger partial charge in [0.25, 0.3) is 0 Å². The predicted molar refractivity (Wildman–Crippen MR) is 119 cm³/mol. The molecule has 6 heteroatoms. The monoisotopic (exact) mass is 425 g/mol. The number of carboxylic acids is 1. The van der Waals surface area contributed by atoms with Gasteiger partial charge in [0.1, 0.15) is 17.6 Å². The number of carboxylic acid groups (broad SMARTS) is 1. The fourth-order valence-corrected chi connectivity index (χ4v) is 3.48. The molecule has 6 nitrogen and oxygen atoms in total. The number of ketones is 2. The van der Waals surface area contributed by atoms with Gasteiger partial charge in [-0.25, -0.2) is 4.79 Å². The van der Waals surface area contributed by atoms with Crippen molar-refractivity contribution in [1.82, 2.24) is 5.32 Å². The first-order valence-corrected chi connectivity index (χ1v) is 11.8. The third kappa shape index (κ3) is 19.6. The van der Waals surface area contributed by atoms with Gasteiger partial charge in [0, 0.05) is 19.3 Å². The molecule has 0 bridgehead atoms. The highest BCUT2D eigenvalue weighted by Crippen LogP contribution is 2.13. The highest BCUT2D eigenvalue weighted by atomic mass is 16.4. The molecular weight excluding hydrogens is 382 g/mol. The topological polar surface area (TPSA) is 101 Å². The molecule has 0 saturated heterocycles. The molecule has 0 aromatic carbocycles. The maximum absolute atomic E-state index is 11.9. The molecule has 0 saturated carbocycles. The van der Waals surface area contributed by atoms with Crippen molar-refractivity contribution in [3.05, 3.63) is 0 Å². The number of aliphatic carboxylic acids is 1. The lowest BCUT2D eigenvalue weighted by atomic mass is 10.0. The Bertz CT molecular complexity index is 504. The maximum atomic E-state index is 11.9. The van der Waals surface area contributed by atoms with Crippen LogP contribution in [0.25, 0.3) is 0 Å². The molecule has 0 aliphatic heterocycles. The Balaban J connectivity index is 3.46. The van der Waals surface area contributed by atoms with E-state index in [4.69, 9.17) is 5.11 Å². The van der Waals surface area contributed by atoms with Gasteiger partial charge in [-0.05, 0) is 33.1 Å². The minimum atomic E-state index is -1.09. The molecule has 0 spiro atoms. The SMILES string of the molecule is CC(=O)CCCCCCCCCCCCCCCC(=O)NC(CCC(C)=O)C(=O)O. The zero-order valence-corrected chi connectivity index (χ0v) is 19.2. The summed E-state index contributed by atoms with van der Waals surface area (Å²) in [5.74, 6) is -1.10. The summed E-state index contributed by atoms with van der Waals surface area (Å²) in [5, 5.41) is 11.6. The van der Waals surface area contributed by atoms with E-state index in [1.54, 1.807) is 6.92 Å². The van der Waals surface area contributed by atoms with Gasteiger partial charge in [-0.15, -0.1) is 0 Å². The first kappa shape index (κ1) is 28.3. The fraction of sp³-hybridized carbons (Fsp3) is 0.833. The van der Waals surface area contributed by atoms with Crippen LogP contribution in [-0.2, 0) is 19.2 Å². The molecule has 0 heterocycles. The molecular formula is C24H43NO5. The van der Waals surface area contributed by atoms with Crippen molar-refractivity contribution in [3.63, 3.8) is 0 Å². The second-order valence-electron chi connectivity index (χ2n) is 8.50. The number of Topliss-reactive ketones (excluding diaryl/α,β-unsaturated/α-hetero) is 2. The zero-order valence-electron chi connectivity index (χ0n) is 19.2. The van der Waals surface area contributed by atoms with Crippen LogP contribution < -0.4 is 5.32 Å². The molecule has 0 aromatic rings. The van der Waals surface area contributed by atoms with Crippen LogP contribution in [0.5, 0.6) is 0 Å². The van der Waals surface area contributed by atoms with Crippen molar-refractivity contribution in [2.75, 3.05) is 0 Å². The summed E-state index contributed by atoms with van der Waals surface area (Å²) in [6.45, 7) is 3.08. The molecule has 30 heavy (non-hydrogen) atoms. The van der Waals surface area contributed by atoms with Gasteiger partial charge in [-0.2, -0.15) is 0 Å². The van der Waals surface area contributed by atoms with Crippen molar-refractivity contribution in [2.24, 2.45) is 0 Å². The lowest BCUT2D eigenvalue weighted by Gasteiger charge is -2.13. The minimum Gasteiger partial charge on any atom is -0.480 e. The number of carbonyl (C=O) groups is 4. The Kier molecular flexibility index (Phi) is 18.2. The number of carbonyl (C=O) groups excluding carboxylic acids is 3. The third-order valence-electron chi connectivity index (χ3n) is 5.35. The summed E-state index contributed by atoms with van der Waals surface area (Å²) in [4.78, 5) is 44.8. The molecule has 0 radical (unpaired) electrons.